The van der Waals surface area contributed by atoms with Gasteiger partial charge in [0.15, 0.2) is 23.1 Å². The highest BCUT2D eigenvalue weighted by molar-refractivity contribution is 6.31. The van der Waals surface area contributed by atoms with Crippen LogP contribution in [0.25, 0.3) is 11.3 Å². The first-order chi connectivity index (χ1) is 13.0. The van der Waals surface area contributed by atoms with E-state index in [1.807, 2.05) is 0 Å². The van der Waals surface area contributed by atoms with Gasteiger partial charge in [-0.25, -0.2) is 9.97 Å². The van der Waals surface area contributed by atoms with Crippen molar-refractivity contribution in [2.45, 2.75) is 6.92 Å². The summed E-state index contributed by atoms with van der Waals surface area (Å²) in [6.07, 6.45) is 2.65. The number of hydrogen-bond acceptors (Lipinski definition) is 8. The first-order valence-electron chi connectivity index (χ1n) is 7.97. The number of anilines is 2. The van der Waals surface area contributed by atoms with E-state index in [-0.39, 0.29) is 11.6 Å². The molecular formula is C17H14ClN5O4. The largest absolute Gasteiger partial charge is 0.486 e. The summed E-state index contributed by atoms with van der Waals surface area (Å²) in [5.41, 5.74) is 7.77. The second kappa shape index (κ2) is 6.76. The van der Waals surface area contributed by atoms with Crippen LogP contribution in [0.15, 0.2) is 29.1 Å². The smallest absolute Gasteiger partial charge is 0.262 e. The Morgan fingerprint density at radius 3 is 2.85 bits per heavy atom. The number of nitrogens with zero attached hydrogens (tertiary/aromatic N) is 3. The van der Waals surface area contributed by atoms with Crippen molar-refractivity contribution in [1.82, 2.24) is 15.1 Å². The maximum Gasteiger partial charge on any atom is 0.262 e. The monoisotopic (exact) mass is 387 g/mol. The third kappa shape index (κ3) is 3.24. The molecule has 2 aromatic heterocycles. The third-order valence-corrected chi connectivity index (χ3v) is 4.12. The van der Waals surface area contributed by atoms with Gasteiger partial charge in [0.05, 0.1) is 17.5 Å². The number of fused-ring (bicyclic) bond motifs is 1. The number of carbonyl (C=O) groups is 1. The number of nitrogen functional groups attached to an aromatic ring is 1. The van der Waals surface area contributed by atoms with E-state index in [9.17, 15) is 4.79 Å². The average molecular weight is 388 g/mol. The number of benzene rings is 1. The van der Waals surface area contributed by atoms with Crippen molar-refractivity contribution < 1.29 is 18.8 Å². The number of nitrogens with two attached hydrogens (primary N) is 1. The van der Waals surface area contributed by atoms with Crippen molar-refractivity contribution in [2.24, 2.45) is 0 Å². The van der Waals surface area contributed by atoms with Crippen molar-refractivity contribution in [3.8, 4) is 22.8 Å². The Morgan fingerprint density at radius 1 is 1.30 bits per heavy atom. The lowest BCUT2D eigenvalue weighted by molar-refractivity contribution is 0.102. The van der Waals surface area contributed by atoms with Crippen LogP contribution in [0, 0.1) is 6.92 Å². The predicted octanol–water partition coefficient (Wildman–Crippen LogP) is 2.70. The van der Waals surface area contributed by atoms with Gasteiger partial charge >= 0.3 is 0 Å². The predicted molar refractivity (Wildman–Crippen MR) is 97.1 cm³/mol. The number of ether oxygens (including phenoxy) is 2. The van der Waals surface area contributed by atoms with E-state index < -0.39 is 5.91 Å². The molecule has 0 atom stereocenters. The van der Waals surface area contributed by atoms with E-state index in [4.69, 9.17) is 31.3 Å². The molecule has 9 nitrogen and oxygen atoms in total. The summed E-state index contributed by atoms with van der Waals surface area (Å²) < 4.78 is 16.0. The van der Waals surface area contributed by atoms with Crippen LogP contribution in [0.5, 0.6) is 11.5 Å². The number of nitrogens with one attached hydrogen (secondary N) is 1. The van der Waals surface area contributed by atoms with Crippen molar-refractivity contribution >= 4 is 29.1 Å². The van der Waals surface area contributed by atoms with Gasteiger partial charge in [-0.15, -0.1) is 0 Å². The van der Waals surface area contributed by atoms with E-state index >= 15 is 0 Å². The fraction of sp³-hybridized carbons (Fsp3) is 0.176. The number of carbonyl (C=O) groups excluding carboxylic acids is 1. The summed E-state index contributed by atoms with van der Waals surface area (Å²) in [6, 6.07) is 3.34. The number of amides is 1. The molecule has 0 unspecified atom stereocenters. The number of rotatable bonds is 3. The zero-order valence-corrected chi connectivity index (χ0v) is 14.9. The highest BCUT2D eigenvalue weighted by atomic mass is 35.5. The zero-order valence-electron chi connectivity index (χ0n) is 14.2. The van der Waals surface area contributed by atoms with E-state index in [2.05, 4.69) is 20.4 Å². The summed E-state index contributed by atoms with van der Waals surface area (Å²) in [4.78, 5) is 20.7. The molecule has 1 aliphatic heterocycles. The molecule has 3 N–H and O–H groups in total. The summed E-state index contributed by atoms with van der Waals surface area (Å²) in [7, 11) is 0. The molecule has 0 saturated heterocycles. The number of aromatic nitrogens is 3. The maximum atomic E-state index is 12.2. The fourth-order valence-electron chi connectivity index (χ4n) is 2.66. The second-order valence-corrected chi connectivity index (χ2v) is 6.17. The molecule has 1 amide bonds. The molecule has 138 valence electrons. The molecule has 10 heteroatoms. The first-order valence-corrected chi connectivity index (χ1v) is 8.35. The molecule has 1 aromatic carbocycles. The average Bonchev–Trinajstić information content (AvgIpc) is 3.07. The maximum absolute atomic E-state index is 12.2. The van der Waals surface area contributed by atoms with Gasteiger partial charge in [0, 0.05) is 11.1 Å². The normalized spacial score (nSPS) is 12.7. The molecule has 1 aliphatic rings. The van der Waals surface area contributed by atoms with Gasteiger partial charge < -0.3 is 25.0 Å². The van der Waals surface area contributed by atoms with E-state index in [1.165, 1.54) is 12.5 Å². The van der Waals surface area contributed by atoms with Gasteiger partial charge in [-0.05, 0) is 13.0 Å². The molecule has 0 radical (unpaired) electrons. The highest BCUT2D eigenvalue weighted by Gasteiger charge is 2.22. The molecule has 4 rings (SSSR count). The second-order valence-electron chi connectivity index (χ2n) is 5.73. The van der Waals surface area contributed by atoms with Crippen LogP contribution in [0.4, 0.5) is 11.6 Å². The van der Waals surface area contributed by atoms with Gasteiger partial charge in [-0.1, -0.05) is 16.8 Å². The van der Waals surface area contributed by atoms with Crippen molar-refractivity contribution in [3.63, 3.8) is 0 Å². The van der Waals surface area contributed by atoms with E-state index in [0.29, 0.717) is 52.3 Å². The Morgan fingerprint density at radius 2 is 2.11 bits per heavy atom. The lowest BCUT2D eigenvalue weighted by Crippen LogP contribution is -2.17. The number of halogens is 1. The van der Waals surface area contributed by atoms with Crippen LogP contribution < -0.4 is 20.5 Å². The highest BCUT2D eigenvalue weighted by Crippen LogP contribution is 2.43. The molecule has 3 heterocycles. The summed E-state index contributed by atoms with van der Waals surface area (Å²) in [5.74, 6) is 0.893. The standard InChI is InChI=1S/C17H14ClN5O4/c1-8-11(7-27-23-8)17(24)22-13-6-20-14(16(19)21-13)10-4-9(18)5-12-15(10)26-3-2-25-12/h4-7H,2-3H2,1H3,(H3,19,21,22,24). The van der Waals surface area contributed by atoms with Gasteiger partial charge in [-0.2, -0.15) is 0 Å². The van der Waals surface area contributed by atoms with E-state index in [1.54, 1.807) is 19.1 Å². The Bertz CT molecular complexity index is 1040. The van der Waals surface area contributed by atoms with Crippen LogP contribution in [0.2, 0.25) is 5.02 Å². The van der Waals surface area contributed by atoms with Gasteiger partial charge in [0.2, 0.25) is 0 Å². The Labute approximate surface area is 158 Å². The number of aryl methyl sites for hydroxylation is 1. The summed E-state index contributed by atoms with van der Waals surface area (Å²) in [5, 5.41) is 6.72. The SMILES string of the molecule is Cc1nocc1C(=O)Nc1cnc(-c2cc(Cl)cc3c2OCCO3)c(N)n1. The summed E-state index contributed by atoms with van der Waals surface area (Å²) in [6.45, 7) is 2.49. The molecule has 0 bridgehead atoms. The molecule has 0 aliphatic carbocycles. The van der Waals surface area contributed by atoms with Crippen LogP contribution in [0.1, 0.15) is 16.1 Å². The lowest BCUT2D eigenvalue weighted by atomic mass is 10.1. The minimum absolute atomic E-state index is 0.105. The van der Waals surface area contributed by atoms with E-state index in [0.717, 1.165) is 0 Å². The topological polar surface area (TPSA) is 125 Å². The van der Waals surface area contributed by atoms with Crippen LogP contribution >= 0.6 is 11.6 Å². The fourth-order valence-corrected chi connectivity index (χ4v) is 2.87. The number of hydrogen-bond donors (Lipinski definition) is 2. The van der Waals surface area contributed by atoms with Gasteiger partial charge in [-0.3, -0.25) is 4.79 Å². The zero-order chi connectivity index (χ0) is 19.0. The molecule has 0 saturated carbocycles. The minimum atomic E-state index is -0.424. The van der Waals surface area contributed by atoms with Crippen LogP contribution in [0.3, 0.4) is 0 Å². The quantitative estimate of drug-likeness (QED) is 0.702. The molecule has 0 fully saturated rings. The van der Waals surface area contributed by atoms with Crippen molar-refractivity contribution in [2.75, 3.05) is 24.3 Å². The molecular weight excluding hydrogens is 374 g/mol. The van der Waals surface area contributed by atoms with Gasteiger partial charge in [0.1, 0.15) is 30.7 Å². The molecule has 3 aromatic rings. The first kappa shape index (κ1) is 17.1. The summed E-state index contributed by atoms with van der Waals surface area (Å²) >= 11 is 6.16. The lowest BCUT2D eigenvalue weighted by Gasteiger charge is -2.21. The Hall–Kier alpha value is -3.33. The van der Waals surface area contributed by atoms with Gasteiger partial charge in [0.25, 0.3) is 5.91 Å². The molecule has 0 spiro atoms. The Balaban J connectivity index is 1.66. The van der Waals surface area contributed by atoms with Crippen molar-refractivity contribution in [3.05, 3.63) is 40.9 Å². The third-order valence-electron chi connectivity index (χ3n) is 3.90. The Kier molecular flexibility index (Phi) is 4.28. The van der Waals surface area contributed by atoms with Crippen LogP contribution in [-0.4, -0.2) is 34.2 Å². The minimum Gasteiger partial charge on any atom is -0.486 e. The molecule has 27 heavy (non-hydrogen) atoms. The van der Waals surface area contributed by atoms with Crippen molar-refractivity contribution in [1.29, 1.82) is 0 Å². The van der Waals surface area contributed by atoms with Crippen LogP contribution in [-0.2, 0) is 0 Å².